The van der Waals surface area contributed by atoms with Crippen molar-refractivity contribution in [1.82, 2.24) is 14.9 Å². The molecule has 1 fully saturated rings. The van der Waals surface area contributed by atoms with E-state index < -0.39 is 0 Å². The second-order valence-corrected chi connectivity index (χ2v) is 6.28. The van der Waals surface area contributed by atoms with Crippen molar-refractivity contribution in [3.05, 3.63) is 34.4 Å². The Morgan fingerprint density at radius 1 is 1.17 bits per heavy atom. The van der Waals surface area contributed by atoms with Gasteiger partial charge in [0.05, 0.1) is 19.4 Å². The maximum atomic E-state index is 6.01. The molecule has 2 aromatic rings. The van der Waals surface area contributed by atoms with Crippen LogP contribution < -0.4 is 10.5 Å². The molecule has 6 nitrogen and oxygen atoms in total. The van der Waals surface area contributed by atoms with Crippen LogP contribution in [0.4, 0.5) is 5.82 Å². The molecule has 1 aliphatic rings. The van der Waals surface area contributed by atoms with Crippen LogP contribution in [0.15, 0.2) is 24.4 Å². The van der Waals surface area contributed by atoms with Gasteiger partial charge < -0.3 is 15.2 Å². The van der Waals surface area contributed by atoms with E-state index in [9.17, 15) is 0 Å². The molecule has 8 heteroatoms. The first-order valence-corrected chi connectivity index (χ1v) is 8.39. The Hall–Kier alpha value is -1.60. The highest BCUT2D eigenvalue weighted by molar-refractivity contribution is 6.35. The summed E-state index contributed by atoms with van der Waals surface area (Å²) in [6, 6.07) is 5.14. The SMILES string of the molecule is Nc1nc(OCCN2CCOCC2)cnc1-c1cc(Cl)cc(Cl)c1. The minimum atomic E-state index is 0.275. The predicted molar refractivity (Wildman–Crippen MR) is 94.7 cm³/mol. The van der Waals surface area contributed by atoms with Crippen molar-refractivity contribution < 1.29 is 9.47 Å². The van der Waals surface area contributed by atoms with Gasteiger partial charge in [0.1, 0.15) is 12.3 Å². The van der Waals surface area contributed by atoms with Gasteiger partial charge in [-0.3, -0.25) is 4.90 Å². The molecule has 0 aliphatic carbocycles. The van der Waals surface area contributed by atoms with Crippen LogP contribution in [0.25, 0.3) is 11.3 Å². The Morgan fingerprint density at radius 3 is 2.54 bits per heavy atom. The lowest BCUT2D eigenvalue weighted by atomic mass is 10.1. The monoisotopic (exact) mass is 368 g/mol. The second kappa shape index (κ2) is 7.98. The fourth-order valence-electron chi connectivity index (χ4n) is 2.47. The maximum Gasteiger partial charge on any atom is 0.234 e. The van der Waals surface area contributed by atoms with E-state index in [1.807, 2.05) is 0 Å². The molecule has 3 rings (SSSR count). The molecule has 0 radical (unpaired) electrons. The first kappa shape index (κ1) is 17.2. The highest BCUT2D eigenvalue weighted by Gasteiger charge is 2.12. The molecule has 1 aromatic carbocycles. The number of benzene rings is 1. The van der Waals surface area contributed by atoms with Gasteiger partial charge in [-0.1, -0.05) is 23.2 Å². The summed E-state index contributed by atoms with van der Waals surface area (Å²) in [6.45, 7) is 4.72. The molecular formula is C16H18Cl2N4O2. The number of nitrogens with zero attached hydrogens (tertiary/aromatic N) is 3. The number of hydrogen-bond donors (Lipinski definition) is 1. The summed E-state index contributed by atoms with van der Waals surface area (Å²) < 4.78 is 11.0. The molecule has 1 aromatic heterocycles. The van der Waals surface area contributed by atoms with E-state index in [1.165, 1.54) is 0 Å². The van der Waals surface area contributed by atoms with Crippen molar-refractivity contribution in [3.63, 3.8) is 0 Å². The lowest BCUT2D eigenvalue weighted by molar-refractivity contribution is 0.0320. The predicted octanol–water partition coefficient (Wildman–Crippen LogP) is 2.74. The maximum absolute atomic E-state index is 6.01. The van der Waals surface area contributed by atoms with Gasteiger partial charge in [-0.2, -0.15) is 4.98 Å². The molecule has 0 amide bonds. The molecule has 0 bridgehead atoms. The number of nitrogen functional groups attached to an aromatic ring is 1. The second-order valence-electron chi connectivity index (χ2n) is 5.40. The Kier molecular flexibility index (Phi) is 5.73. The number of morpholine rings is 1. The first-order chi connectivity index (χ1) is 11.6. The summed E-state index contributed by atoms with van der Waals surface area (Å²) in [6.07, 6.45) is 1.56. The number of nitrogens with two attached hydrogens (primary N) is 1. The number of halogens is 2. The topological polar surface area (TPSA) is 73.5 Å². The molecule has 24 heavy (non-hydrogen) atoms. The zero-order valence-electron chi connectivity index (χ0n) is 13.0. The van der Waals surface area contributed by atoms with E-state index >= 15 is 0 Å². The Labute approximate surface area is 150 Å². The van der Waals surface area contributed by atoms with Crippen LogP contribution in [0.3, 0.4) is 0 Å². The van der Waals surface area contributed by atoms with Crippen LogP contribution in [0.2, 0.25) is 10.0 Å². The largest absolute Gasteiger partial charge is 0.475 e. The van der Waals surface area contributed by atoms with E-state index in [1.54, 1.807) is 24.4 Å². The summed E-state index contributed by atoms with van der Waals surface area (Å²) >= 11 is 12.0. The third kappa shape index (κ3) is 4.48. The van der Waals surface area contributed by atoms with Gasteiger partial charge in [0, 0.05) is 35.2 Å². The summed E-state index contributed by atoms with van der Waals surface area (Å²) in [4.78, 5) is 10.9. The number of ether oxygens (including phenoxy) is 2. The van der Waals surface area contributed by atoms with Crippen molar-refractivity contribution in [2.75, 3.05) is 45.2 Å². The molecule has 2 heterocycles. The summed E-state index contributed by atoms with van der Waals surface area (Å²) in [7, 11) is 0. The summed E-state index contributed by atoms with van der Waals surface area (Å²) in [5.74, 6) is 0.676. The van der Waals surface area contributed by atoms with Gasteiger partial charge in [0.2, 0.25) is 5.88 Å². The van der Waals surface area contributed by atoms with Crippen LogP contribution in [-0.4, -0.2) is 54.3 Å². The fraction of sp³-hybridized carbons (Fsp3) is 0.375. The van der Waals surface area contributed by atoms with Crippen molar-refractivity contribution in [1.29, 1.82) is 0 Å². The van der Waals surface area contributed by atoms with E-state index in [2.05, 4.69) is 14.9 Å². The molecule has 0 saturated carbocycles. The molecular weight excluding hydrogens is 351 g/mol. The lowest BCUT2D eigenvalue weighted by Crippen LogP contribution is -2.38. The number of rotatable bonds is 5. The number of anilines is 1. The number of hydrogen-bond acceptors (Lipinski definition) is 6. The van der Waals surface area contributed by atoms with Crippen LogP contribution >= 0.6 is 23.2 Å². The van der Waals surface area contributed by atoms with E-state index in [-0.39, 0.29) is 5.82 Å². The van der Waals surface area contributed by atoms with Gasteiger partial charge in [0.15, 0.2) is 5.82 Å². The van der Waals surface area contributed by atoms with Crippen molar-refractivity contribution in [3.8, 4) is 17.1 Å². The lowest BCUT2D eigenvalue weighted by Gasteiger charge is -2.26. The van der Waals surface area contributed by atoms with Gasteiger partial charge in [-0.25, -0.2) is 4.98 Å². The molecule has 128 valence electrons. The molecule has 1 aliphatic heterocycles. The smallest absolute Gasteiger partial charge is 0.234 e. The van der Waals surface area contributed by atoms with Crippen LogP contribution in [0.5, 0.6) is 5.88 Å². The minimum Gasteiger partial charge on any atom is -0.475 e. The van der Waals surface area contributed by atoms with Crippen molar-refractivity contribution in [2.24, 2.45) is 0 Å². The summed E-state index contributed by atoms with van der Waals surface area (Å²) in [5, 5.41) is 1.04. The van der Waals surface area contributed by atoms with E-state index in [4.69, 9.17) is 38.4 Å². The highest BCUT2D eigenvalue weighted by atomic mass is 35.5. The quantitative estimate of drug-likeness (QED) is 0.874. The minimum absolute atomic E-state index is 0.275. The first-order valence-electron chi connectivity index (χ1n) is 7.64. The zero-order valence-corrected chi connectivity index (χ0v) is 14.6. The highest BCUT2D eigenvalue weighted by Crippen LogP contribution is 2.29. The molecule has 2 N–H and O–H groups in total. The molecule has 0 spiro atoms. The zero-order chi connectivity index (χ0) is 16.9. The third-order valence-corrected chi connectivity index (χ3v) is 4.11. The Bertz CT molecular complexity index is 688. The van der Waals surface area contributed by atoms with E-state index in [0.29, 0.717) is 28.2 Å². The summed E-state index contributed by atoms with van der Waals surface area (Å²) in [5.41, 5.74) is 7.25. The van der Waals surface area contributed by atoms with Gasteiger partial charge in [-0.05, 0) is 18.2 Å². The van der Waals surface area contributed by atoms with Crippen LogP contribution in [-0.2, 0) is 4.74 Å². The normalized spacial score (nSPS) is 15.4. The average molecular weight is 369 g/mol. The molecule has 1 saturated heterocycles. The number of aromatic nitrogens is 2. The van der Waals surface area contributed by atoms with Gasteiger partial charge in [0.25, 0.3) is 0 Å². The average Bonchev–Trinajstić information content (AvgIpc) is 2.55. The molecule has 0 atom stereocenters. The van der Waals surface area contributed by atoms with Gasteiger partial charge in [-0.15, -0.1) is 0 Å². The molecule has 0 unspecified atom stereocenters. The fourth-order valence-corrected chi connectivity index (χ4v) is 3.00. The third-order valence-electron chi connectivity index (χ3n) is 3.67. The van der Waals surface area contributed by atoms with E-state index in [0.717, 1.165) is 38.4 Å². The van der Waals surface area contributed by atoms with Crippen molar-refractivity contribution >= 4 is 29.0 Å². The standard InChI is InChI=1S/C16H18Cl2N4O2/c17-12-7-11(8-13(18)9-12)15-16(19)21-14(10-20-15)24-6-3-22-1-4-23-5-2-22/h7-10H,1-6H2,(H2,19,21). The van der Waals surface area contributed by atoms with Crippen molar-refractivity contribution in [2.45, 2.75) is 0 Å². The Morgan fingerprint density at radius 2 is 1.88 bits per heavy atom. The van der Waals surface area contributed by atoms with Gasteiger partial charge >= 0.3 is 0 Å². The van der Waals surface area contributed by atoms with Crippen LogP contribution in [0, 0.1) is 0 Å². The van der Waals surface area contributed by atoms with Crippen LogP contribution in [0.1, 0.15) is 0 Å². The Balaban J connectivity index is 1.63.